The standard InChI is InChI=1S/C11H15N3O/c1-7-3-8(10(12)14-4-7)9(15)11(2)5-13-6-11/h3-4,13H,5-6H2,1-2H3,(H2,12,14). The van der Waals surface area contributed by atoms with E-state index in [0.717, 1.165) is 18.7 Å². The molecule has 1 aromatic heterocycles. The molecule has 0 aromatic carbocycles. The molecule has 4 nitrogen and oxygen atoms in total. The van der Waals surface area contributed by atoms with Gasteiger partial charge in [0.1, 0.15) is 5.82 Å². The lowest BCUT2D eigenvalue weighted by atomic mass is 9.77. The van der Waals surface area contributed by atoms with Crippen LogP contribution in [0.25, 0.3) is 0 Å². The minimum absolute atomic E-state index is 0.0925. The zero-order chi connectivity index (χ0) is 11.1. The summed E-state index contributed by atoms with van der Waals surface area (Å²) in [5, 5.41) is 3.10. The molecule has 80 valence electrons. The topological polar surface area (TPSA) is 68.0 Å². The molecule has 0 spiro atoms. The van der Waals surface area contributed by atoms with E-state index < -0.39 is 0 Å². The highest BCUT2D eigenvalue weighted by Crippen LogP contribution is 2.28. The Balaban J connectivity index is 2.36. The summed E-state index contributed by atoms with van der Waals surface area (Å²) in [6.07, 6.45) is 1.67. The summed E-state index contributed by atoms with van der Waals surface area (Å²) in [4.78, 5) is 16.2. The van der Waals surface area contributed by atoms with E-state index in [1.54, 1.807) is 6.20 Å². The van der Waals surface area contributed by atoms with Crippen molar-refractivity contribution in [2.45, 2.75) is 13.8 Å². The molecule has 4 heteroatoms. The van der Waals surface area contributed by atoms with E-state index in [2.05, 4.69) is 10.3 Å². The first-order valence-corrected chi connectivity index (χ1v) is 5.00. The summed E-state index contributed by atoms with van der Waals surface area (Å²) in [7, 11) is 0. The van der Waals surface area contributed by atoms with Crippen LogP contribution in [0.2, 0.25) is 0 Å². The maximum absolute atomic E-state index is 12.2. The van der Waals surface area contributed by atoms with Crippen LogP contribution >= 0.6 is 0 Å². The van der Waals surface area contributed by atoms with Gasteiger partial charge in [-0.25, -0.2) is 4.98 Å². The Hall–Kier alpha value is -1.42. The number of ketones is 1. The molecule has 0 amide bonds. The van der Waals surface area contributed by atoms with Gasteiger partial charge < -0.3 is 11.1 Å². The van der Waals surface area contributed by atoms with Crippen LogP contribution in [-0.2, 0) is 0 Å². The van der Waals surface area contributed by atoms with E-state index in [-0.39, 0.29) is 11.2 Å². The number of nitrogens with two attached hydrogens (primary N) is 1. The molecule has 2 heterocycles. The molecular weight excluding hydrogens is 190 g/mol. The van der Waals surface area contributed by atoms with Gasteiger partial charge in [-0.15, -0.1) is 0 Å². The molecule has 15 heavy (non-hydrogen) atoms. The van der Waals surface area contributed by atoms with Gasteiger partial charge in [-0.1, -0.05) is 0 Å². The fraction of sp³-hybridized carbons (Fsp3) is 0.455. The summed E-state index contributed by atoms with van der Waals surface area (Å²) in [6.45, 7) is 5.30. The monoisotopic (exact) mass is 205 g/mol. The van der Waals surface area contributed by atoms with E-state index in [0.29, 0.717) is 11.4 Å². The summed E-state index contributed by atoms with van der Waals surface area (Å²) in [6, 6.07) is 1.81. The number of hydrogen-bond acceptors (Lipinski definition) is 4. The second-order valence-corrected chi connectivity index (χ2v) is 4.44. The number of hydrogen-bond donors (Lipinski definition) is 2. The minimum Gasteiger partial charge on any atom is -0.383 e. The summed E-state index contributed by atoms with van der Waals surface area (Å²) in [5.74, 6) is 0.425. The predicted molar refractivity (Wildman–Crippen MR) is 58.7 cm³/mol. The molecule has 0 unspecified atom stereocenters. The van der Waals surface area contributed by atoms with E-state index in [1.165, 1.54) is 0 Å². The van der Waals surface area contributed by atoms with E-state index in [4.69, 9.17) is 5.73 Å². The average molecular weight is 205 g/mol. The molecule has 1 aromatic rings. The number of anilines is 1. The van der Waals surface area contributed by atoms with Gasteiger partial charge in [-0.05, 0) is 25.5 Å². The highest BCUT2D eigenvalue weighted by molar-refractivity contribution is 6.04. The molecule has 0 radical (unpaired) electrons. The maximum Gasteiger partial charge on any atom is 0.174 e. The highest BCUT2D eigenvalue weighted by atomic mass is 16.1. The molecule has 0 saturated carbocycles. The number of carbonyl (C=O) groups is 1. The zero-order valence-corrected chi connectivity index (χ0v) is 9.00. The minimum atomic E-state index is -0.302. The van der Waals surface area contributed by atoms with Crippen LogP contribution in [0, 0.1) is 12.3 Å². The third-order valence-corrected chi connectivity index (χ3v) is 2.88. The van der Waals surface area contributed by atoms with Gasteiger partial charge in [0.05, 0.1) is 11.0 Å². The fourth-order valence-electron chi connectivity index (χ4n) is 1.75. The van der Waals surface area contributed by atoms with Crippen LogP contribution in [0.4, 0.5) is 5.82 Å². The van der Waals surface area contributed by atoms with Crippen molar-refractivity contribution in [2.24, 2.45) is 5.41 Å². The van der Waals surface area contributed by atoms with Crippen LogP contribution in [0.5, 0.6) is 0 Å². The summed E-state index contributed by atoms with van der Waals surface area (Å²) < 4.78 is 0. The highest BCUT2D eigenvalue weighted by Gasteiger charge is 2.40. The summed E-state index contributed by atoms with van der Waals surface area (Å²) >= 11 is 0. The number of carbonyl (C=O) groups excluding carboxylic acids is 1. The van der Waals surface area contributed by atoms with Crippen molar-refractivity contribution >= 4 is 11.6 Å². The van der Waals surface area contributed by atoms with Crippen LogP contribution in [0.3, 0.4) is 0 Å². The van der Waals surface area contributed by atoms with E-state index in [9.17, 15) is 4.79 Å². The Morgan fingerprint density at radius 1 is 1.60 bits per heavy atom. The van der Waals surface area contributed by atoms with Crippen molar-refractivity contribution in [1.29, 1.82) is 0 Å². The van der Waals surface area contributed by atoms with Crippen molar-refractivity contribution in [3.8, 4) is 0 Å². The third-order valence-electron chi connectivity index (χ3n) is 2.88. The van der Waals surface area contributed by atoms with Crippen molar-refractivity contribution < 1.29 is 4.79 Å². The second kappa shape index (κ2) is 3.31. The van der Waals surface area contributed by atoms with Crippen molar-refractivity contribution in [3.63, 3.8) is 0 Å². The molecule has 0 bridgehead atoms. The predicted octanol–water partition coefficient (Wildman–Crippen LogP) is 0.764. The second-order valence-electron chi connectivity index (χ2n) is 4.44. The number of nitrogens with one attached hydrogen (secondary N) is 1. The molecular formula is C11H15N3O. The van der Waals surface area contributed by atoms with Gasteiger partial charge >= 0.3 is 0 Å². The normalized spacial score (nSPS) is 18.3. The van der Waals surface area contributed by atoms with Crippen LogP contribution in [-0.4, -0.2) is 23.9 Å². The molecule has 1 aliphatic rings. The quantitative estimate of drug-likeness (QED) is 0.700. The molecule has 1 fully saturated rings. The molecule has 1 saturated heterocycles. The van der Waals surface area contributed by atoms with Gasteiger partial charge in [-0.2, -0.15) is 0 Å². The number of pyridine rings is 1. The number of nitrogens with zero attached hydrogens (tertiary/aromatic N) is 1. The maximum atomic E-state index is 12.2. The number of nitrogen functional groups attached to an aromatic ring is 1. The van der Waals surface area contributed by atoms with Crippen LogP contribution in [0.15, 0.2) is 12.3 Å². The first-order chi connectivity index (χ1) is 7.03. The van der Waals surface area contributed by atoms with Gasteiger partial charge in [0, 0.05) is 19.3 Å². The zero-order valence-electron chi connectivity index (χ0n) is 9.00. The lowest BCUT2D eigenvalue weighted by Crippen LogP contribution is -2.56. The lowest BCUT2D eigenvalue weighted by molar-refractivity contribution is 0.0722. The molecule has 0 aliphatic carbocycles. The van der Waals surface area contributed by atoms with Gasteiger partial charge in [0.2, 0.25) is 0 Å². The van der Waals surface area contributed by atoms with Gasteiger partial charge in [0.25, 0.3) is 0 Å². The fourth-order valence-corrected chi connectivity index (χ4v) is 1.75. The smallest absolute Gasteiger partial charge is 0.174 e. The number of aromatic nitrogens is 1. The molecule has 3 N–H and O–H groups in total. The van der Waals surface area contributed by atoms with Crippen LogP contribution < -0.4 is 11.1 Å². The van der Waals surface area contributed by atoms with E-state index in [1.807, 2.05) is 19.9 Å². The molecule has 2 rings (SSSR count). The van der Waals surface area contributed by atoms with Crippen molar-refractivity contribution in [3.05, 3.63) is 23.4 Å². The Kier molecular flexibility index (Phi) is 2.23. The Labute approximate surface area is 88.9 Å². The Morgan fingerprint density at radius 2 is 2.27 bits per heavy atom. The van der Waals surface area contributed by atoms with Gasteiger partial charge in [0.15, 0.2) is 5.78 Å². The van der Waals surface area contributed by atoms with Crippen LogP contribution in [0.1, 0.15) is 22.8 Å². The first-order valence-electron chi connectivity index (χ1n) is 5.00. The number of aryl methyl sites for hydroxylation is 1. The Bertz CT molecular complexity index is 410. The summed E-state index contributed by atoms with van der Waals surface area (Å²) in [5.41, 5.74) is 6.93. The number of rotatable bonds is 2. The van der Waals surface area contributed by atoms with Crippen molar-refractivity contribution in [2.75, 3.05) is 18.8 Å². The van der Waals surface area contributed by atoms with Crippen molar-refractivity contribution in [1.82, 2.24) is 10.3 Å². The third kappa shape index (κ3) is 1.61. The first kappa shape index (κ1) is 10.1. The Morgan fingerprint density at radius 3 is 2.80 bits per heavy atom. The largest absolute Gasteiger partial charge is 0.383 e. The SMILES string of the molecule is Cc1cnc(N)c(C(=O)C2(C)CNC2)c1. The lowest BCUT2D eigenvalue weighted by Gasteiger charge is -2.37. The average Bonchev–Trinajstić information content (AvgIpc) is 2.17. The van der Waals surface area contributed by atoms with Gasteiger partial charge in [-0.3, -0.25) is 4.79 Å². The number of Topliss-reactive ketones (excluding diaryl/α,β-unsaturated/α-hetero) is 1. The molecule has 1 aliphatic heterocycles. The molecule has 0 atom stereocenters. The van der Waals surface area contributed by atoms with E-state index >= 15 is 0 Å².